The van der Waals surface area contributed by atoms with Crippen molar-refractivity contribution in [2.45, 2.75) is 33.6 Å². The highest BCUT2D eigenvalue weighted by atomic mass is 15.2. The Morgan fingerprint density at radius 3 is 1.73 bits per heavy atom. The molecule has 6 rings (SSSR count). The molecule has 1 heterocycles. The Morgan fingerprint density at radius 1 is 0.682 bits per heavy atom. The summed E-state index contributed by atoms with van der Waals surface area (Å²) in [5, 5.41) is 2.21. The summed E-state index contributed by atoms with van der Waals surface area (Å²) in [5.74, 6) is 0.362. The minimum absolute atomic E-state index is 0.362. The molecule has 5 aromatic carbocycles. The normalized spacial score (nSPS) is 12.0. The molecule has 0 amide bonds. The Hall–Kier alpha value is -5.08. The van der Waals surface area contributed by atoms with E-state index in [4.69, 9.17) is 0 Å². The van der Waals surface area contributed by atoms with E-state index in [1.165, 1.54) is 38.8 Å². The first kappa shape index (κ1) is 31.8. The SMILES string of the molecule is C=CC=C.C=c1ccc(N(C)c2ccc(N3c4ccccc4C(C)c4ccccc43)cc2)c(-c2ccccc2)/c1=C/C.CC. The Labute approximate surface area is 264 Å². The van der Waals surface area contributed by atoms with Gasteiger partial charge in [-0.15, -0.1) is 0 Å². The van der Waals surface area contributed by atoms with Crippen LogP contribution in [0.2, 0.25) is 0 Å². The van der Waals surface area contributed by atoms with Crippen molar-refractivity contribution < 1.29 is 0 Å². The highest BCUT2D eigenvalue weighted by Gasteiger charge is 2.28. The van der Waals surface area contributed by atoms with Crippen LogP contribution in [0.25, 0.3) is 23.8 Å². The largest absolute Gasteiger partial charge is 0.344 e. The quantitative estimate of drug-likeness (QED) is 0.192. The molecule has 5 aromatic rings. The monoisotopic (exact) mass is 576 g/mol. The Kier molecular flexibility index (Phi) is 10.8. The second kappa shape index (κ2) is 14.9. The predicted molar refractivity (Wildman–Crippen MR) is 195 cm³/mol. The van der Waals surface area contributed by atoms with Crippen LogP contribution in [0, 0.1) is 0 Å². The maximum atomic E-state index is 4.30. The lowest BCUT2D eigenvalue weighted by Crippen LogP contribution is -2.27. The molecule has 2 heteroatoms. The highest BCUT2D eigenvalue weighted by molar-refractivity contribution is 5.86. The minimum Gasteiger partial charge on any atom is -0.344 e. The molecule has 0 saturated heterocycles. The Balaban J connectivity index is 0.000000683. The van der Waals surface area contributed by atoms with Crippen LogP contribution < -0.4 is 20.2 Å². The third-order valence-electron chi connectivity index (χ3n) is 7.98. The molecule has 0 aliphatic carbocycles. The van der Waals surface area contributed by atoms with Crippen LogP contribution in [-0.2, 0) is 0 Å². The summed E-state index contributed by atoms with van der Waals surface area (Å²) in [5.41, 5.74) is 11.1. The van der Waals surface area contributed by atoms with Crippen molar-refractivity contribution in [1.82, 2.24) is 0 Å². The van der Waals surface area contributed by atoms with Gasteiger partial charge in [-0.25, -0.2) is 0 Å². The van der Waals surface area contributed by atoms with Gasteiger partial charge in [-0.1, -0.05) is 132 Å². The van der Waals surface area contributed by atoms with Gasteiger partial charge in [0, 0.05) is 47.0 Å². The van der Waals surface area contributed by atoms with Gasteiger partial charge in [-0.3, -0.25) is 0 Å². The van der Waals surface area contributed by atoms with E-state index in [9.17, 15) is 0 Å². The topological polar surface area (TPSA) is 6.48 Å². The summed E-state index contributed by atoms with van der Waals surface area (Å²) in [6.07, 6.45) is 5.44. The van der Waals surface area contributed by atoms with Crippen molar-refractivity contribution >= 4 is 41.1 Å². The van der Waals surface area contributed by atoms with Gasteiger partial charge in [0.05, 0.1) is 0 Å². The zero-order chi connectivity index (χ0) is 31.6. The van der Waals surface area contributed by atoms with E-state index >= 15 is 0 Å². The van der Waals surface area contributed by atoms with Gasteiger partial charge in [-0.2, -0.15) is 0 Å². The number of fused-ring (bicyclic) bond motifs is 2. The summed E-state index contributed by atoms with van der Waals surface area (Å²) >= 11 is 0. The molecule has 222 valence electrons. The van der Waals surface area contributed by atoms with Crippen LogP contribution >= 0.6 is 0 Å². The maximum Gasteiger partial charge on any atom is 0.0499 e. The van der Waals surface area contributed by atoms with Gasteiger partial charge in [-0.05, 0) is 76.5 Å². The van der Waals surface area contributed by atoms with E-state index in [0.717, 1.165) is 22.3 Å². The van der Waals surface area contributed by atoms with Crippen LogP contribution in [0.15, 0.2) is 141 Å². The molecule has 0 bridgehead atoms. The second-order valence-corrected chi connectivity index (χ2v) is 10.4. The second-order valence-electron chi connectivity index (χ2n) is 10.4. The first-order valence-corrected chi connectivity index (χ1v) is 15.4. The van der Waals surface area contributed by atoms with E-state index in [1.807, 2.05) is 13.8 Å². The number of allylic oxidation sites excluding steroid dienone is 2. The van der Waals surface area contributed by atoms with Crippen LogP contribution in [0.1, 0.15) is 44.7 Å². The van der Waals surface area contributed by atoms with E-state index < -0.39 is 0 Å². The molecule has 0 N–H and O–H groups in total. The summed E-state index contributed by atoms with van der Waals surface area (Å²) in [7, 11) is 2.14. The molecule has 0 saturated carbocycles. The van der Waals surface area contributed by atoms with E-state index in [2.05, 4.69) is 172 Å². The Bertz CT molecular complexity index is 1760. The number of benzene rings is 5. The zero-order valence-corrected chi connectivity index (χ0v) is 26.8. The molecule has 0 radical (unpaired) electrons. The highest BCUT2D eigenvalue weighted by Crippen LogP contribution is 2.48. The van der Waals surface area contributed by atoms with Crippen molar-refractivity contribution in [2.24, 2.45) is 0 Å². The smallest absolute Gasteiger partial charge is 0.0499 e. The third-order valence-corrected chi connectivity index (χ3v) is 7.98. The predicted octanol–water partition coefficient (Wildman–Crippen LogP) is 10.7. The fourth-order valence-electron chi connectivity index (χ4n) is 5.82. The maximum absolute atomic E-state index is 4.30. The summed E-state index contributed by atoms with van der Waals surface area (Å²) in [6.45, 7) is 19.4. The lowest BCUT2D eigenvalue weighted by atomic mass is 9.86. The Morgan fingerprint density at radius 2 is 1.20 bits per heavy atom. The van der Waals surface area contributed by atoms with Gasteiger partial charge in [0.25, 0.3) is 0 Å². The fraction of sp³-hybridized carbons (Fsp3) is 0.143. The molecule has 0 atom stereocenters. The minimum atomic E-state index is 0.362. The van der Waals surface area contributed by atoms with Gasteiger partial charge in [0.2, 0.25) is 0 Å². The van der Waals surface area contributed by atoms with Crippen molar-refractivity contribution in [3.8, 4) is 11.1 Å². The summed E-state index contributed by atoms with van der Waals surface area (Å²) in [6, 6.07) is 41.3. The number of nitrogens with zero attached hydrogens (tertiary/aromatic N) is 2. The van der Waals surface area contributed by atoms with E-state index in [-0.39, 0.29) is 0 Å². The molecule has 1 aliphatic heterocycles. The van der Waals surface area contributed by atoms with E-state index in [0.29, 0.717) is 5.92 Å². The van der Waals surface area contributed by atoms with Crippen LogP contribution in [0.3, 0.4) is 0 Å². The van der Waals surface area contributed by atoms with Crippen LogP contribution in [-0.4, -0.2) is 7.05 Å². The molecule has 2 nitrogen and oxygen atoms in total. The molecule has 0 aromatic heterocycles. The molecule has 44 heavy (non-hydrogen) atoms. The average Bonchev–Trinajstić information content (AvgIpc) is 3.09. The van der Waals surface area contributed by atoms with Gasteiger partial charge < -0.3 is 9.80 Å². The number of hydrogen-bond donors (Lipinski definition) is 0. The number of rotatable bonds is 5. The van der Waals surface area contributed by atoms with Gasteiger partial charge in [0.1, 0.15) is 0 Å². The lowest BCUT2D eigenvalue weighted by Gasteiger charge is -2.36. The molecule has 0 spiro atoms. The number of anilines is 5. The average molecular weight is 577 g/mol. The molecule has 1 aliphatic rings. The van der Waals surface area contributed by atoms with Crippen molar-refractivity contribution in [3.63, 3.8) is 0 Å². The first-order valence-electron chi connectivity index (χ1n) is 15.4. The molecule has 0 fully saturated rings. The lowest BCUT2D eigenvalue weighted by molar-refractivity contribution is 0.892. The molecular weight excluding hydrogens is 532 g/mol. The summed E-state index contributed by atoms with van der Waals surface area (Å²) in [4.78, 5) is 4.67. The van der Waals surface area contributed by atoms with Crippen molar-refractivity contribution in [2.75, 3.05) is 16.8 Å². The zero-order valence-electron chi connectivity index (χ0n) is 26.8. The van der Waals surface area contributed by atoms with E-state index in [1.54, 1.807) is 12.2 Å². The van der Waals surface area contributed by atoms with Crippen LogP contribution in [0.4, 0.5) is 28.4 Å². The van der Waals surface area contributed by atoms with Gasteiger partial charge >= 0.3 is 0 Å². The number of hydrogen-bond acceptors (Lipinski definition) is 2. The standard InChI is InChI=1S/C36H32N2.C4H6.C2H6/c1-5-30-25(2)19-24-35(36(30)27-13-7-6-8-14-27)37(4)28-20-22-29(23-21-28)38-33-17-11-9-15-31(33)26(3)32-16-10-12-18-34(32)38;1-3-4-2;1-2/h5-24,26H,2H2,1,3-4H3;3-4H,1-2H2;1-2H3/b30-5+;;. The third kappa shape index (κ3) is 6.31. The van der Waals surface area contributed by atoms with Gasteiger partial charge in [0.15, 0.2) is 0 Å². The molecular formula is C42H44N2. The fourth-order valence-corrected chi connectivity index (χ4v) is 5.82. The van der Waals surface area contributed by atoms with Crippen molar-refractivity contribution in [1.29, 1.82) is 0 Å². The van der Waals surface area contributed by atoms with Crippen molar-refractivity contribution in [3.05, 3.63) is 162 Å². The first-order chi connectivity index (χ1) is 21.5. The summed E-state index contributed by atoms with van der Waals surface area (Å²) < 4.78 is 0. The molecule has 0 unspecified atom stereocenters. The van der Waals surface area contributed by atoms with Crippen LogP contribution in [0.5, 0.6) is 0 Å². The number of para-hydroxylation sites is 2.